The van der Waals surface area contributed by atoms with Gasteiger partial charge in [-0.25, -0.2) is 0 Å². The lowest BCUT2D eigenvalue weighted by Crippen LogP contribution is -2.09. The third-order valence-electron chi connectivity index (χ3n) is 3.33. The molecule has 2 aromatic carbocycles. The Morgan fingerprint density at radius 3 is 1.58 bits per heavy atom. The van der Waals surface area contributed by atoms with Crippen LogP contribution in [0.3, 0.4) is 0 Å². The van der Waals surface area contributed by atoms with Crippen LogP contribution in [0.1, 0.15) is 28.8 Å². The third-order valence-corrected chi connectivity index (χ3v) is 4.46. The first-order valence-corrected chi connectivity index (χ1v) is 10.1. The molecule has 0 unspecified atom stereocenters. The highest BCUT2D eigenvalue weighted by molar-refractivity contribution is 9.09. The van der Waals surface area contributed by atoms with Gasteiger partial charge < -0.3 is 9.47 Å². The van der Waals surface area contributed by atoms with Gasteiger partial charge in [0.05, 0.1) is 24.3 Å². The van der Waals surface area contributed by atoms with Crippen molar-refractivity contribution in [1.82, 2.24) is 0 Å². The summed E-state index contributed by atoms with van der Waals surface area (Å²) in [4.78, 5) is 13.0. The van der Waals surface area contributed by atoms with Crippen LogP contribution < -0.4 is 9.47 Å². The second kappa shape index (κ2) is 10.5. The van der Waals surface area contributed by atoms with Crippen molar-refractivity contribution < 1.29 is 14.3 Å². The maximum Gasteiger partial charge on any atom is 0.200 e. The molecule has 0 heterocycles. The first kappa shape index (κ1) is 19.0. The molecule has 24 heavy (non-hydrogen) atoms. The van der Waals surface area contributed by atoms with Crippen LogP contribution in [0.4, 0.5) is 0 Å². The van der Waals surface area contributed by atoms with Gasteiger partial charge in [-0.15, -0.1) is 0 Å². The maximum atomic E-state index is 13.0. The Hall–Kier alpha value is -1.33. The van der Waals surface area contributed by atoms with Crippen LogP contribution in [0.5, 0.6) is 11.5 Å². The molecule has 0 saturated carbocycles. The number of halogens is 2. The van der Waals surface area contributed by atoms with Gasteiger partial charge in [0.15, 0.2) is 5.78 Å². The normalized spacial score (nSPS) is 10.4. The quantitative estimate of drug-likeness (QED) is 0.279. The third kappa shape index (κ3) is 5.35. The van der Waals surface area contributed by atoms with Crippen LogP contribution in [-0.2, 0) is 0 Å². The zero-order valence-electron chi connectivity index (χ0n) is 13.3. The lowest BCUT2D eigenvalue weighted by Gasteiger charge is -2.13. The Bertz CT molecular complexity index is 603. The standard InChI is InChI=1S/C19H20Br2O3/c20-11-5-13-23-17-9-3-1-7-15(17)19(22)16-8-2-4-10-18(16)24-14-6-12-21/h1-4,7-10H,5-6,11-14H2. The first-order valence-electron chi connectivity index (χ1n) is 7.88. The smallest absolute Gasteiger partial charge is 0.200 e. The number of ketones is 1. The van der Waals surface area contributed by atoms with Gasteiger partial charge in [-0.2, -0.15) is 0 Å². The van der Waals surface area contributed by atoms with Crippen LogP contribution >= 0.6 is 31.9 Å². The summed E-state index contributed by atoms with van der Waals surface area (Å²) >= 11 is 6.76. The minimum atomic E-state index is -0.0844. The van der Waals surface area contributed by atoms with E-state index in [1.165, 1.54) is 0 Å². The van der Waals surface area contributed by atoms with Crippen molar-refractivity contribution in [3.8, 4) is 11.5 Å². The fraction of sp³-hybridized carbons (Fsp3) is 0.316. The van der Waals surface area contributed by atoms with Gasteiger partial charge in [0, 0.05) is 10.7 Å². The number of hydrogen-bond donors (Lipinski definition) is 0. The molecule has 0 fully saturated rings. The molecule has 0 aromatic heterocycles. The molecule has 0 aliphatic heterocycles. The molecule has 0 atom stereocenters. The Morgan fingerprint density at radius 1 is 0.750 bits per heavy atom. The number of alkyl halides is 2. The minimum absolute atomic E-state index is 0.0844. The summed E-state index contributed by atoms with van der Waals surface area (Å²) in [6.45, 7) is 1.14. The van der Waals surface area contributed by atoms with Crippen LogP contribution in [-0.4, -0.2) is 29.7 Å². The van der Waals surface area contributed by atoms with E-state index in [-0.39, 0.29) is 5.78 Å². The summed E-state index contributed by atoms with van der Waals surface area (Å²) < 4.78 is 11.5. The fourth-order valence-corrected chi connectivity index (χ4v) is 2.64. The van der Waals surface area contributed by atoms with E-state index >= 15 is 0 Å². The zero-order chi connectivity index (χ0) is 17.2. The minimum Gasteiger partial charge on any atom is -0.493 e. The van der Waals surface area contributed by atoms with E-state index in [0.717, 1.165) is 23.5 Å². The van der Waals surface area contributed by atoms with Crippen LogP contribution in [0.15, 0.2) is 48.5 Å². The van der Waals surface area contributed by atoms with Crippen molar-refractivity contribution in [3.63, 3.8) is 0 Å². The van der Waals surface area contributed by atoms with Crippen molar-refractivity contribution in [2.45, 2.75) is 12.8 Å². The van der Waals surface area contributed by atoms with Crippen LogP contribution in [0.2, 0.25) is 0 Å². The van der Waals surface area contributed by atoms with Crippen molar-refractivity contribution in [2.75, 3.05) is 23.9 Å². The molecule has 2 rings (SSSR count). The first-order chi connectivity index (χ1) is 11.8. The van der Waals surface area contributed by atoms with Crippen molar-refractivity contribution in [1.29, 1.82) is 0 Å². The van der Waals surface area contributed by atoms with E-state index < -0.39 is 0 Å². The lowest BCUT2D eigenvalue weighted by atomic mass is 10.0. The highest BCUT2D eigenvalue weighted by atomic mass is 79.9. The number of hydrogen-bond acceptors (Lipinski definition) is 3. The van der Waals surface area contributed by atoms with Crippen LogP contribution in [0, 0.1) is 0 Å². The zero-order valence-corrected chi connectivity index (χ0v) is 16.5. The molecular weight excluding hydrogens is 436 g/mol. The van der Waals surface area contributed by atoms with Crippen LogP contribution in [0.25, 0.3) is 0 Å². The molecule has 0 saturated heterocycles. The van der Waals surface area contributed by atoms with E-state index in [4.69, 9.17) is 9.47 Å². The lowest BCUT2D eigenvalue weighted by molar-refractivity contribution is 0.103. The van der Waals surface area contributed by atoms with E-state index in [1.807, 2.05) is 36.4 Å². The molecule has 0 aliphatic rings. The van der Waals surface area contributed by atoms with E-state index in [9.17, 15) is 4.79 Å². The summed E-state index contributed by atoms with van der Waals surface area (Å²) in [5.74, 6) is 1.14. The highest BCUT2D eigenvalue weighted by Crippen LogP contribution is 2.27. The van der Waals surface area contributed by atoms with E-state index in [1.54, 1.807) is 12.1 Å². The molecule has 128 valence electrons. The predicted molar refractivity (Wildman–Crippen MR) is 104 cm³/mol. The van der Waals surface area contributed by atoms with E-state index in [2.05, 4.69) is 31.9 Å². The van der Waals surface area contributed by atoms with Crippen molar-refractivity contribution >= 4 is 37.6 Å². The Labute approximate surface area is 159 Å². The molecule has 3 nitrogen and oxygen atoms in total. The predicted octanol–water partition coefficient (Wildman–Crippen LogP) is 5.25. The van der Waals surface area contributed by atoms with Gasteiger partial charge in [-0.05, 0) is 37.1 Å². The number of benzene rings is 2. The van der Waals surface area contributed by atoms with Crippen molar-refractivity contribution in [2.24, 2.45) is 0 Å². The number of rotatable bonds is 10. The fourth-order valence-electron chi connectivity index (χ4n) is 2.18. The monoisotopic (exact) mass is 454 g/mol. The second-order valence-electron chi connectivity index (χ2n) is 5.10. The number of para-hydroxylation sites is 2. The second-order valence-corrected chi connectivity index (χ2v) is 6.69. The molecule has 0 radical (unpaired) electrons. The summed E-state index contributed by atoms with van der Waals surface area (Å²) in [7, 11) is 0. The molecule has 0 N–H and O–H groups in total. The Balaban J connectivity index is 2.22. The average Bonchev–Trinajstić information content (AvgIpc) is 2.62. The molecule has 2 aromatic rings. The molecular formula is C19H20Br2O3. The van der Waals surface area contributed by atoms with Gasteiger partial charge in [-0.3, -0.25) is 4.79 Å². The molecule has 0 aliphatic carbocycles. The van der Waals surface area contributed by atoms with Gasteiger partial charge in [-0.1, -0.05) is 56.1 Å². The van der Waals surface area contributed by atoms with Gasteiger partial charge >= 0.3 is 0 Å². The van der Waals surface area contributed by atoms with E-state index in [0.29, 0.717) is 35.8 Å². The Morgan fingerprint density at radius 2 is 1.17 bits per heavy atom. The summed E-state index contributed by atoms with van der Waals surface area (Å²) in [6.07, 6.45) is 1.77. The maximum absolute atomic E-state index is 13.0. The highest BCUT2D eigenvalue weighted by Gasteiger charge is 2.18. The number of ether oxygens (including phenoxy) is 2. The molecule has 0 amide bonds. The largest absolute Gasteiger partial charge is 0.493 e. The average molecular weight is 456 g/mol. The van der Waals surface area contributed by atoms with Gasteiger partial charge in [0.2, 0.25) is 0 Å². The number of carbonyl (C=O) groups excluding carboxylic acids is 1. The summed E-state index contributed by atoms with van der Waals surface area (Å²) in [6, 6.07) is 14.7. The Kier molecular flexibility index (Phi) is 8.33. The topological polar surface area (TPSA) is 35.5 Å². The number of carbonyl (C=O) groups is 1. The molecule has 0 bridgehead atoms. The van der Waals surface area contributed by atoms with Gasteiger partial charge in [0.25, 0.3) is 0 Å². The molecule has 0 spiro atoms. The summed E-state index contributed by atoms with van der Waals surface area (Å²) in [5.41, 5.74) is 1.12. The SMILES string of the molecule is O=C(c1ccccc1OCCCBr)c1ccccc1OCCCBr. The summed E-state index contributed by atoms with van der Waals surface area (Å²) in [5, 5.41) is 1.74. The molecule has 5 heteroatoms. The van der Waals surface area contributed by atoms with Crippen molar-refractivity contribution in [3.05, 3.63) is 59.7 Å². The van der Waals surface area contributed by atoms with Gasteiger partial charge in [0.1, 0.15) is 11.5 Å².